The topological polar surface area (TPSA) is 49.8 Å². The third-order valence-electron chi connectivity index (χ3n) is 2.21. The van der Waals surface area contributed by atoms with Gasteiger partial charge in [-0.15, -0.1) is 5.10 Å². The Hall–Kier alpha value is -1.16. The van der Waals surface area contributed by atoms with Gasteiger partial charge in [0.05, 0.1) is 5.69 Å². The molecule has 0 amide bonds. The van der Waals surface area contributed by atoms with Gasteiger partial charge in [-0.2, -0.15) is 5.10 Å². The third kappa shape index (κ3) is 2.67. The van der Waals surface area contributed by atoms with Crippen molar-refractivity contribution in [1.82, 2.24) is 15.5 Å². The van der Waals surface area contributed by atoms with Crippen molar-refractivity contribution in [2.75, 3.05) is 11.9 Å². The molecule has 0 spiro atoms. The van der Waals surface area contributed by atoms with Crippen LogP contribution in [0.3, 0.4) is 0 Å². The van der Waals surface area contributed by atoms with Crippen molar-refractivity contribution in [2.24, 2.45) is 0 Å². The minimum Gasteiger partial charge on any atom is -0.366 e. The van der Waals surface area contributed by atoms with Crippen LogP contribution < -0.4 is 10.6 Å². The van der Waals surface area contributed by atoms with E-state index >= 15 is 0 Å². The maximum atomic E-state index is 4.12. The molecule has 1 aliphatic carbocycles. The van der Waals surface area contributed by atoms with Gasteiger partial charge >= 0.3 is 0 Å². The zero-order valence-electron chi connectivity index (χ0n) is 8.45. The maximum Gasteiger partial charge on any atom is 0.148 e. The van der Waals surface area contributed by atoms with Gasteiger partial charge in [0, 0.05) is 12.6 Å². The normalized spacial score (nSPS) is 15.5. The summed E-state index contributed by atoms with van der Waals surface area (Å²) in [4.78, 5) is 0. The number of anilines is 1. The number of nitrogens with one attached hydrogen (secondary N) is 2. The van der Waals surface area contributed by atoms with Gasteiger partial charge in [0.1, 0.15) is 5.82 Å². The first-order valence-electron chi connectivity index (χ1n) is 5.18. The van der Waals surface area contributed by atoms with Crippen molar-refractivity contribution >= 4 is 5.82 Å². The summed E-state index contributed by atoms with van der Waals surface area (Å²) in [5.41, 5.74) is 0.994. The summed E-state index contributed by atoms with van der Waals surface area (Å²) in [6.45, 7) is 3.84. The Morgan fingerprint density at radius 2 is 2.21 bits per heavy atom. The molecule has 1 aromatic rings. The van der Waals surface area contributed by atoms with E-state index in [1.54, 1.807) is 0 Å². The summed E-state index contributed by atoms with van der Waals surface area (Å²) < 4.78 is 0. The van der Waals surface area contributed by atoms with Gasteiger partial charge in [0.15, 0.2) is 0 Å². The van der Waals surface area contributed by atoms with E-state index in [1.807, 2.05) is 12.1 Å². The van der Waals surface area contributed by atoms with Gasteiger partial charge in [0.2, 0.25) is 0 Å². The molecule has 0 radical (unpaired) electrons. The van der Waals surface area contributed by atoms with Crippen LogP contribution in [0.15, 0.2) is 12.1 Å². The first-order chi connectivity index (χ1) is 6.88. The third-order valence-corrected chi connectivity index (χ3v) is 2.21. The van der Waals surface area contributed by atoms with Crippen molar-refractivity contribution in [2.45, 2.75) is 32.4 Å². The smallest absolute Gasteiger partial charge is 0.148 e. The molecule has 2 rings (SSSR count). The molecular weight excluding hydrogens is 176 g/mol. The lowest BCUT2D eigenvalue weighted by Crippen LogP contribution is -2.13. The molecule has 14 heavy (non-hydrogen) atoms. The first-order valence-corrected chi connectivity index (χ1v) is 5.18. The number of hydrogen-bond acceptors (Lipinski definition) is 4. The molecule has 0 saturated heterocycles. The van der Waals surface area contributed by atoms with E-state index in [9.17, 15) is 0 Å². The molecule has 2 N–H and O–H groups in total. The largest absolute Gasteiger partial charge is 0.366 e. The average molecular weight is 192 g/mol. The summed E-state index contributed by atoms with van der Waals surface area (Å²) in [5.74, 6) is 0.896. The molecule has 0 aliphatic heterocycles. The molecule has 0 bridgehead atoms. The van der Waals surface area contributed by atoms with E-state index in [2.05, 4.69) is 27.8 Å². The monoisotopic (exact) mass is 192 g/mol. The molecule has 4 nitrogen and oxygen atoms in total. The van der Waals surface area contributed by atoms with Crippen molar-refractivity contribution in [3.05, 3.63) is 17.8 Å². The van der Waals surface area contributed by atoms with Crippen LogP contribution >= 0.6 is 0 Å². The van der Waals surface area contributed by atoms with E-state index in [4.69, 9.17) is 0 Å². The van der Waals surface area contributed by atoms with E-state index in [0.717, 1.165) is 24.6 Å². The van der Waals surface area contributed by atoms with Gasteiger partial charge in [-0.25, -0.2) is 0 Å². The fourth-order valence-corrected chi connectivity index (χ4v) is 1.22. The lowest BCUT2D eigenvalue weighted by atomic mass is 10.4. The maximum absolute atomic E-state index is 4.12. The Labute approximate surface area is 84.1 Å². The van der Waals surface area contributed by atoms with Crippen LogP contribution in [0.1, 0.15) is 25.5 Å². The second-order valence-electron chi connectivity index (χ2n) is 3.61. The summed E-state index contributed by atoms with van der Waals surface area (Å²) in [7, 11) is 0. The SMILES string of the molecule is CCNCc1ccc(NC2CC2)nn1. The fourth-order valence-electron chi connectivity index (χ4n) is 1.22. The zero-order valence-corrected chi connectivity index (χ0v) is 8.45. The van der Waals surface area contributed by atoms with Crippen LogP contribution in [0, 0.1) is 0 Å². The summed E-state index contributed by atoms with van der Waals surface area (Å²) in [6, 6.07) is 4.65. The molecule has 1 fully saturated rings. The minimum absolute atomic E-state index is 0.643. The lowest BCUT2D eigenvalue weighted by molar-refractivity contribution is 0.699. The lowest BCUT2D eigenvalue weighted by Gasteiger charge is -2.03. The van der Waals surface area contributed by atoms with Gasteiger partial charge in [-0.1, -0.05) is 6.92 Å². The van der Waals surface area contributed by atoms with Gasteiger partial charge in [0.25, 0.3) is 0 Å². The van der Waals surface area contributed by atoms with Crippen molar-refractivity contribution in [3.63, 3.8) is 0 Å². The molecule has 4 heteroatoms. The van der Waals surface area contributed by atoms with Crippen LogP contribution in [0.25, 0.3) is 0 Å². The van der Waals surface area contributed by atoms with E-state index in [0.29, 0.717) is 6.04 Å². The van der Waals surface area contributed by atoms with Crippen LogP contribution in [0.4, 0.5) is 5.82 Å². The van der Waals surface area contributed by atoms with E-state index in [-0.39, 0.29) is 0 Å². The van der Waals surface area contributed by atoms with Crippen LogP contribution in [0.5, 0.6) is 0 Å². The predicted octanol–water partition coefficient (Wildman–Crippen LogP) is 1.16. The fraction of sp³-hybridized carbons (Fsp3) is 0.600. The summed E-state index contributed by atoms with van der Waals surface area (Å²) >= 11 is 0. The standard InChI is InChI=1S/C10H16N4/c1-2-11-7-9-5-6-10(14-13-9)12-8-3-4-8/h5-6,8,11H,2-4,7H2,1H3,(H,12,14). The molecular formula is C10H16N4. The molecule has 76 valence electrons. The highest BCUT2D eigenvalue weighted by molar-refractivity contribution is 5.35. The molecule has 1 aliphatic rings. The quantitative estimate of drug-likeness (QED) is 0.735. The second-order valence-corrected chi connectivity index (χ2v) is 3.61. The van der Waals surface area contributed by atoms with Gasteiger partial charge in [-0.3, -0.25) is 0 Å². The molecule has 0 unspecified atom stereocenters. The molecule has 0 atom stereocenters. The average Bonchev–Trinajstić information content (AvgIpc) is 3.01. The Morgan fingerprint density at radius 1 is 1.36 bits per heavy atom. The van der Waals surface area contributed by atoms with Gasteiger partial charge in [-0.05, 0) is 31.5 Å². The van der Waals surface area contributed by atoms with Gasteiger partial charge < -0.3 is 10.6 Å². The van der Waals surface area contributed by atoms with Crippen LogP contribution in [0.2, 0.25) is 0 Å². The van der Waals surface area contributed by atoms with Crippen molar-refractivity contribution in [3.8, 4) is 0 Å². The summed E-state index contributed by atoms with van der Waals surface area (Å²) in [5, 5.41) is 14.8. The summed E-state index contributed by atoms with van der Waals surface area (Å²) in [6.07, 6.45) is 2.53. The highest BCUT2D eigenvalue weighted by Crippen LogP contribution is 2.23. The Balaban J connectivity index is 1.88. The van der Waals surface area contributed by atoms with E-state index in [1.165, 1.54) is 12.8 Å². The highest BCUT2D eigenvalue weighted by atomic mass is 15.2. The molecule has 0 aromatic carbocycles. The zero-order chi connectivity index (χ0) is 9.80. The second kappa shape index (κ2) is 4.37. The van der Waals surface area contributed by atoms with Crippen LogP contribution in [-0.2, 0) is 6.54 Å². The highest BCUT2D eigenvalue weighted by Gasteiger charge is 2.21. The predicted molar refractivity (Wildman–Crippen MR) is 56.1 cm³/mol. The Morgan fingerprint density at radius 3 is 2.79 bits per heavy atom. The molecule has 1 heterocycles. The molecule has 1 saturated carbocycles. The first kappa shape index (κ1) is 9.40. The minimum atomic E-state index is 0.643. The Bertz CT molecular complexity index is 279. The molecule has 1 aromatic heterocycles. The number of rotatable bonds is 5. The Kier molecular flexibility index (Phi) is 2.93. The van der Waals surface area contributed by atoms with E-state index < -0.39 is 0 Å². The van der Waals surface area contributed by atoms with Crippen molar-refractivity contribution in [1.29, 1.82) is 0 Å². The number of aromatic nitrogens is 2. The van der Waals surface area contributed by atoms with Crippen LogP contribution in [-0.4, -0.2) is 22.8 Å². The number of hydrogen-bond donors (Lipinski definition) is 2. The van der Waals surface area contributed by atoms with Crippen molar-refractivity contribution < 1.29 is 0 Å². The number of nitrogens with zero attached hydrogens (tertiary/aromatic N) is 2.